The van der Waals surface area contributed by atoms with E-state index in [-0.39, 0.29) is 26.2 Å². The third-order valence-corrected chi connectivity index (χ3v) is 3.34. The Hall–Kier alpha value is -1.51. The number of carbonyl (C=O) groups excluding carboxylic acids is 2. The predicted molar refractivity (Wildman–Crippen MR) is 75.7 cm³/mol. The minimum Gasteiger partial charge on any atom is -0.444 e. The van der Waals surface area contributed by atoms with E-state index in [9.17, 15) is 22.8 Å². The average Bonchev–Trinajstić information content (AvgIpc) is 2.41. The van der Waals surface area contributed by atoms with Gasteiger partial charge in [0.15, 0.2) is 0 Å². The Kier molecular flexibility index (Phi) is 6.26. The third kappa shape index (κ3) is 5.89. The molecule has 1 rings (SSSR count). The molecule has 6 nitrogen and oxygen atoms in total. The van der Waals surface area contributed by atoms with E-state index in [0.29, 0.717) is 17.7 Å². The second-order valence-corrected chi connectivity index (χ2v) is 6.44. The van der Waals surface area contributed by atoms with Gasteiger partial charge in [0.2, 0.25) is 0 Å². The molecule has 1 saturated heterocycles. The first-order chi connectivity index (χ1) is 10.5. The monoisotopic (exact) mass is 340 g/mol. The van der Waals surface area contributed by atoms with E-state index in [1.54, 1.807) is 20.8 Å². The summed E-state index contributed by atoms with van der Waals surface area (Å²) in [4.78, 5) is 25.4. The summed E-state index contributed by atoms with van der Waals surface area (Å²) in [6.45, 7) is 4.37. The highest BCUT2D eigenvalue weighted by molar-refractivity contribution is 5.82. The van der Waals surface area contributed by atoms with Gasteiger partial charge in [0.1, 0.15) is 5.60 Å². The first kappa shape index (κ1) is 19.5. The zero-order valence-electron chi connectivity index (χ0n) is 13.5. The number of carbonyl (C=O) groups is 2. The molecule has 1 atom stereocenters. The molecule has 0 radical (unpaired) electrons. The normalized spacial score (nSPS) is 19.4. The summed E-state index contributed by atoms with van der Waals surface area (Å²) in [6, 6.07) is -0.614. The predicted octanol–water partition coefficient (Wildman–Crippen LogP) is 1.77. The van der Waals surface area contributed by atoms with Crippen LogP contribution in [0.5, 0.6) is 0 Å². The Balaban J connectivity index is 2.83. The number of ether oxygens (including phenoxy) is 1. The second-order valence-electron chi connectivity index (χ2n) is 6.44. The van der Waals surface area contributed by atoms with Crippen molar-refractivity contribution >= 4 is 12.0 Å². The lowest BCUT2D eigenvalue weighted by molar-refractivity contribution is -0.187. The van der Waals surface area contributed by atoms with E-state index >= 15 is 0 Å². The highest BCUT2D eigenvalue weighted by atomic mass is 19.4. The van der Waals surface area contributed by atoms with Crippen LogP contribution in [0.15, 0.2) is 0 Å². The number of aliphatic hydroxyl groups is 1. The number of hydrogen-bond acceptors (Lipinski definition) is 4. The number of hydrogen-bond donors (Lipinski definition) is 1. The van der Waals surface area contributed by atoms with Gasteiger partial charge in [-0.15, -0.1) is 0 Å². The molecule has 0 spiro atoms. The van der Waals surface area contributed by atoms with Gasteiger partial charge in [-0.2, -0.15) is 13.2 Å². The molecule has 2 amide bonds. The molecule has 1 aliphatic heterocycles. The standard InChI is InChI=1S/C14H23F3N2O4/c1-13(2,3)23-12(22)19(7-8-20)10-5-4-6-18(9-10)11(21)14(15,16)17/h10,20H,4-9H2,1-3H3. The van der Waals surface area contributed by atoms with Crippen molar-refractivity contribution in [3.05, 3.63) is 0 Å². The van der Waals surface area contributed by atoms with E-state index in [0.717, 1.165) is 0 Å². The largest absolute Gasteiger partial charge is 0.471 e. The van der Waals surface area contributed by atoms with Crippen molar-refractivity contribution in [1.82, 2.24) is 9.80 Å². The third-order valence-electron chi connectivity index (χ3n) is 3.34. The van der Waals surface area contributed by atoms with Gasteiger partial charge in [-0.25, -0.2) is 4.79 Å². The molecular weight excluding hydrogens is 317 g/mol. The fraction of sp³-hybridized carbons (Fsp3) is 0.857. The maximum atomic E-state index is 12.6. The Morgan fingerprint density at radius 3 is 2.39 bits per heavy atom. The van der Waals surface area contributed by atoms with Crippen molar-refractivity contribution in [3.63, 3.8) is 0 Å². The fourth-order valence-electron chi connectivity index (χ4n) is 2.42. The topological polar surface area (TPSA) is 70.1 Å². The molecule has 1 fully saturated rings. The number of piperidine rings is 1. The summed E-state index contributed by atoms with van der Waals surface area (Å²) in [7, 11) is 0. The van der Waals surface area contributed by atoms with Crippen LogP contribution in [0.25, 0.3) is 0 Å². The zero-order valence-corrected chi connectivity index (χ0v) is 13.5. The number of halogens is 3. The van der Waals surface area contributed by atoms with E-state index in [1.807, 2.05) is 0 Å². The van der Waals surface area contributed by atoms with Crippen molar-refractivity contribution in [3.8, 4) is 0 Å². The quantitative estimate of drug-likeness (QED) is 0.850. The summed E-state index contributed by atoms with van der Waals surface area (Å²) in [5, 5.41) is 9.11. The minimum absolute atomic E-state index is 0.00384. The van der Waals surface area contributed by atoms with Crippen LogP contribution < -0.4 is 0 Å². The maximum Gasteiger partial charge on any atom is 0.471 e. The zero-order chi connectivity index (χ0) is 17.8. The lowest BCUT2D eigenvalue weighted by Gasteiger charge is -2.39. The van der Waals surface area contributed by atoms with Gasteiger partial charge in [-0.3, -0.25) is 4.79 Å². The molecule has 1 aliphatic rings. The fourth-order valence-corrected chi connectivity index (χ4v) is 2.42. The SMILES string of the molecule is CC(C)(C)OC(=O)N(CCO)C1CCCN(C(=O)C(F)(F)F)C1. The van der Waals surface area contributed by atoms with E-state index in [4.69, 9.17) is 9.84 Å². The summed E-state index contributed by atoms with van der Waals surface area (Å²) in [5.41, 5.74) is -0.763. The van der Waals surface area contributed by atoms with Crippen molar-refractivity contribution < 1.29 is 32.6 Å². The summed E-state index contributed by atoms with van der Waals surface area (Å²) >= 11 is 0. The number of alkyl halides is 3. The first-order valence-corrected chi connectivity index (χ1v) is 7.42. The minimum atomic E-state index is -4.93. The molecule has 0 bridgehead atoms. The van der Waals surface area contributed by atoms with Crippen molar-refractivity contribution in [1.29, 1.82) is 0 Å². The lowest BCUT2D eigenvalue weighted by atomic mass is 10.0. The van der Waals surface area contributed by atoms with Crippen LogP contribution in [0.4, 0.5) is 18.0 Å². The highest BCUT2D eigenvalue weighted by Gasteiger charge is 2.44. The van der Waals surface area contributed by atoms with Crippen LogP contribution in [0, 0.1) is 0 Å². The highest BCUT2D eigenvalue weighted by Crippen LogP contribution is 2.24. The van der Waals surface area contributed by atoms with Crippen molar-refractivity contribution in [2.24, 2.45) is 0 Å². The van der Waals surface area contributed by atoms with Gasteiger partial charge in [0.05, 0.1) is 12.6 Å². The molecule has 0 aliphatic carbocycles. The van der Waals surface area contributed by atoms with Crippen LogP contribution >= 0.6 is 0 Å². The smallest absolute Gasteiger partial charge is 0.444 e. The molecule has 1 N–H and O–H groups in total. The lowest BCUT2D eigenvalue weighted by Crippen LogP contribution is -2.55. The first-order valence-electron chi connectivity index (χ1n) is 7.42. The van der Waals surface area contributed by atoms with Crippen LogP contribution in [-0.2, 0) is 9.53 Å². The Morgan fingerprint density at radius 1 is 1.30 bits per heavy atom. The molecule has 0 aromatic rings. The van der Waals surface area contributed by atoms with E-state index in [1.165, 1.54) is 4.90 Å². The maximum absolute atomic E-state index is 12.6. The molecule has 23 heavy (non-hydrogen) atoms. The van der Waals surface area contributed by atoms with Gasteiger partial charge in [-0.05, 0) is 33.6 Å². The molecular formula is C14H23F3N2O4. The molecule has 134 valence electrons. The molecule has 9 heteroatoms. The second kappa shape index (κ2) is 7.37. The number of nitrogens with zero attached hydrogens (tertiary/aromatic N) is 2. The van der Waals surface area contributed by atoms with Gasteiger partial charge >= 0.3 is 18.2 Å². The van der Waals surface area contributed by atoms with Gasteiger partial charge in [0, 0.05) is 19.6 Å². The van der Waals surface area contributed by atoms with Crippen molar-refractivity contribution in [2.75, 3.05) is 26.2 Å². The van der Waals surface area contributed by atoms with E-state index < -0.39 is 29.8 Å². The van der Waals surface area contributed by atoms with Crippen LogP contribution in [0.3, 0.4) is 0 Å². The summed E-state index contributed by atoms with van der Waals surface area (Å²) < 4.78 is 42.9. The Labute approximate surface area is 133 Å². The molecule has 0 aromatic heterocycles. The Bertz CT molecular complexity index is 435. The number of likely N-dealkylation sites (tertiary alicyclic amines) is 1. The van der Waals surface area contributed by atoms with Gasteiger partial charge < -0.3 is 19.6 Å². The summed E-state index contributed by atoms with van der Waals surface area (Å²) in [5.74, 6) is -1.91. The van der Waals surface area contributed by atoms with Crippen molar-refractivity contribution in [2.45, 2.75) is 51.4 Å². The number of aliphatic hydroxyl groups excluding tert-OH is 1. The molecule has 1 heterocycles. The molecule has 0 saturated carbocycles. The van der Waals surface area contributed by atoms with Crippen LogP contribution in [0.2, 0.25) is 0 Å². The average molecular weight is 340 g/mol. The van der Waals surface area contributed by atoms with Crippen LogP contribution in [-0.4, -0.2) is 71.0 Å². The number of rotatable bonds is 3. The van der Waals surface area contributed by atoms with Gasteiger partial charge in [-0.1, -0.05) is 0 Å². The number of amides is 2. The van der Waals surface area contributed by atoms with Gasteiger partial charge in [0.25, 0.3) is 0 Å². The summed E-state index contributed by atoms with van der Waals surface area (Å²) in [6.07, 6.45) is -4.86. The molecule has 0 aromatic carbocycles. The Morgan fingerprint density at radius 2 is 1.91 bits per heavy atom. The van der Waals surface area contributed by atoms with Crippen LogP contribution in [0.1, 0.15) is 33.6 Å². The molecule has 1 unspecified atom stereocenters. The van der Waals surface area contributed by atoms with E-state index in [2.05, 4.69) is 0 Å².